The van der Waals surface area contributed by atoms with E-state index < -0.39 is 40.8 Å². The average Bonchev–Trinajstić information content (AvgIpc) is 3.15. The van der Waals surface area contributed by atoms with Crippen LogP contribution in [0.5, 0.6) is 0 Å². The van der Waals surface area contributed by atoms with Crippen LogP contribution in [0.3, 0.4) is 0 Å². The summed E-state index contributed by atoms with van der Waals surface area (Å²) >= 11 is 0. The average molecular weight is 459 g/mol. The molecule has 1 N–H and O–H groups in total. The molecule has 2 aromatic carbocycles. The highest BCUT2D eigenvalue weighted by Gasteiger charge is 2.33. The van der Waals surface area contributed by atoms with E-state index in [2.05, 4.69) is 4.98 Å². The van der Waals surface area contributed by atoms with Crippen molar-refractivity contribution < 1.29 is 35.5 Å². The quantitative estimate of drug-likeness (QED) is 0.528. The number of piperazine rings is 1. The number of carbonyl (C=O) groups excluding carboxylic acids is 1. The minimum Gasteiger partial charge on any atom is -0.366 e. The molecule has 4 rings (SSSR count). The molecule has 11 heteroatoms. The molecule has 170 valence electrons. The van der Waals surface area contributed by atoms with Crippen LogP contribution in [-0.2, 0) is 12.4 Å². The molecule has 0 atom stereocenters. The molecule has 1 saturated heterocycles. The number of hydrogen-bond acceptors (Lipinski definition) is 2. The Balaban J connectivity index is 1.49. The summed E-state index contributed by atoms with van der Waals surface area (Å²) in [4.78, 5) is 18.6. The third kappa shape index (κ3) is 4.11. The number of aromatic amines is 1. The second-order valence-corrected chi connectivity index (χ2v) is 7.40. The molecule has 32 heavy (non-hydrogen) atoms. The topological polar surface area (TPSA) is 39.3 Å². The van der Waals surface area contributed by atoms with E-state index in [0.29, 0.717) is 22.7 Å². The van der Waals surface area contributed by atoms with Crippen LogP contribution in [0.2, 0.25) is 0 Å². The van der Waals surface area contributed by atoms with Crippen LogP contribution in [-0.4, -0.2) is 42.0 Å². The molecule has 0 bridgehead atoms. The number of rotatable bonds is 2. The first kappa shape index (κ1) is 22.0. The molecule has 3 aromatic rings. The molecule has 0 spiro atoms. The van der Waals surface area contributed by atoms with Crippen LogP contribution in [0, 0.1) is 5.82 Å². The normalized spacial score (nSPS) is 15.5. The number of carbonyl (C=O) groups is 1. The predicted octanol–water partition coefficient (Wildman–Crippen LogP) is 5.31. The summed E-state index contributed by atoms with van der Waals surface area (Å²) in [5, 5.41) is 0.383. The SMILES string of the molecule is O=C(c1ccc(C(F)(F)F)cc1F)N1CCN(c2c[nH]c3ccc(C(F)(F)F)cc23)CC1. The lowest BCUT2D eigenvalue weighted by molar-refractivity contribution is -0.138. The van der Waals surface area contributed by atoms with Gasteiger partial charge in [0.2, 0.25) is 0 Å². The number of anilines is 1. The third-order valence-corrected chi connectivity index (χ3v) is 5.42. The lowest BCUT2D eigenvalue weighted by atomic mass is 10.1. The fourth-order valence-corrected chi connectivity index (χ4v) is 3.73. The number of amides is 1. The van der Waals surface area contributed by atoms with Gasteiger partial charge >= 0.3 is 12.4 Å². The van der Waals surface area contributed by atoms with E-state index >= 15 is 0 Å². The van der Waals surface area contributed by atoms with Gasteiger partial charge in [0.05, 0.1) is 22.4 Å². The van der Waals surface area contributed by atoms with E-state index in [1.807, 2.05) is 0 Å². The van der Waals surface area contributed by atoms with Gasteiger partial charge in [-0.3, -0.25) is 4.79 Å². The number of halogens is 7. The molecule has 1 amide bonds. The van der Waals surface area contributed by atoms with Crippen molar-refractivity contribution in [2.45, 2.75) is 12.4 Å². The summed E-state index contributed by atoms with van der Waals surface area (Å²) in [6, 6.07) is 5.12. The zero-order valence-electron chi connectivity index (χ0n) is 16.3. The molecule has 4 nitrogen and oxygen atoms in total. The van der Waals surface area contributed by atoms with Crippen molar-refractivity contribution in [3.05, 3.63) is 65.1 Å². The molecule has 1 aromatic heterocycles. The molecule has 0 unspecified atom stereocenters. The van der Waals surface area contributed by atoms with Crippen molar-refractivity contribution >= 4 is 22.5 Å². The van der Waals surface area contributed by atoms with Gasteiger partial charge in [-0.1, -0.05) is 0 Å². The molecule has 2 heterocycles. The summed E-state index contributed by atoms with van der Waals surface area (Å²) in [5.41, 5.74) is -1.36. The number of aromatic nitrogens is 1. The zero-order valence-corrected chi connectivity index (χ0v) is 16.3. The van der Waals surface area contributed by atoms with Crippen LogP contribution in [0.25, 0.3) is 10.9 Å². The molecular weight excluding hydrogens is 443 g/mol. The van der Waals surface area contributed by atoms with Crippen LogP contribution < -0.4 is 4.90 Å². The van der Waals surface area contributed by atoms with Gasteiger partial charge in [-0.05, 0) is 36.4 Å². The van der Waals surface area contributed by atoms with E-state index in [4.69, 9.17) is 0 Å². The summed E-state index contributed by atoms with van der Waals surface area (Å²) in [6.07, 6.45) is -7.63. The molecule has 0 aliphatic carbocycles. The first-order valence-corrected chi connectivity index (χ1v) is 9.54. The maximum absolute atomic E-state index is 14.1. The minimum absolute atomic E-state index is 0.130. The Hall–Kier alpha value is -3.24. The summed E-state index contributed by atoms with van der Waals surface area (Å²) < 4.78 is 91.4. The Bertz CT molecular complexity index is 1160. The van der Waals surface area contributed by atoms with Crippen molar-refractivity contribution in [1.82, 2.24) is 9.88 Å². The van der Waals surface area contributed by atoms with E-state index in [-0.39, 0.29) is 32.2 Å². The Kier molecular flexibility index (Phi) is 5.30. The lowest BCUT2D eigenvalue weighted by Gasteiger charge is -2.36. The van der Waals surface area contributed by atoms with E-state index in [9.17, 15) is 35.5 Å². The fourth-order valence-electron chi connectivity index (χ4n) is 3.73. The summed E-state index contributed by atoms with van der Waals surface area (Å²) in [5.74, 6) is -2.00. The van der Waals surface area contributed by atoms with Crippen LogP contribution in [0.1, 0.15) is 21.5 Å². The van der Waals surface area contributed by atoms with Gasteiger partial charge < -0.3 is 14.8 Å². The third-order valence-electron chi connectivity index (χ3n) is 5.42. The maximum atomic E-state index is 14.1. The predicted molar refractivity (Wildman–Crippen MR) is 103 cm³/mol. The van der Waals surface area contributed by atoms with Gasteiger partial charge in [0.1, 0.15) is 5.82 Å². The maximum Gasteiger partial charge on any atom is 0.416 e. The van der Waals surface area contributed by atoms with E-state index in [1.165, 1.54) is 11.0 Å². The number of alkyl halides is 6. The van der Waals surface area contributed by atoms with E-state index in [1.54, 1.807) is 11.1 Å². The largest absolute Gasteiger partial charge is 0.416 e. The second-order valence-electron chi connectivity index (χ2n) is 7.40. The number of nitrogens with one attached hydrogen (secondary N) is 1. The van der Waals surface area contributed by atoms with Crippen molar-refractivity contribution in [3.63, 3.8) is 0 Å². The van der Waals surface area contributed by atoms with Gasteiger partial charge in [0.25, 0.3) is 5.91 Å². The smallest absolute Gasteiger partial charge is 0.366 e. The first-order chi connectivity index (χ1) is 14.9. The van der Waals surface area contributed by atoms with Gasteiger partial charge in [0, 0.05) is 43.3 Å². The van der Waals surface area contributed by atoms with E-state index in [0.717, 1.165) is 18.2 Å². The lowest BCUT2D eigenvalue weighted by Crippen LogP contribution is -2.49. The highest BCUT2D eigenvalue weighted by atomic mass is 19.4. The summed E-state index contributed by atoms with van der Waals surface area (Å²) in [7, 11) is 0. The number of fused-ring (bicyclic) bond motifs is 1. The van der Waals surface area contributed by atoms with Crippen LogP contribution in [0.15, 0.2) is 42.6 Å². The van der Waals surface area contributed by atoms with Crippen LogP contribution >= 0.6 is 0 Å². The Morgan fingerprint density at radius 1 is 0.844 bits per heavy atom. The standard InChI is InChI=1S/C21H16F7N3O/c22-16-10-13(21(26,27)28)1-3-14(16)19(32)31-7-5-30(6-8-31)18-11-29-17-4-2-12(9-15(17)18)20(23,24)25/h1-4,9-11,29H,5-8H2. The molecule has 1 aliphatic rings. The van der Waals surface area contributed by atoms with Crippen molar-refractivity contribution in [2.24, 2.45) is 0 Å². The number of benzene rings is 2. The number of H-pyrrole nitrogens is 1. The van der Waals surface area contributed by atoms with Crippen molar-refractivity contribution in [1.29, 1.82) is 0 Å². The molecule has 0 radical (unpaired) electrons. The Morgan fingerprint density at radius 3 is 2.03 bits per heavy atom. The highest BCUT2D eigenvalue weighted by molar-refractivity contribution is 5.95. The van der Waals surface area contributed by atoms with Crippen LogP contribution in [0.4, 0.5) is 36.4 Å². The van der Waals surface area contributed by atoms with Crippen molar-refractivity contribution in [3.8, 4) is 0 Å². The Labute approximate surface area is 177 Å². The van der Waals surface area contributed by atoms with Gasteiger partial charge in [0.15, 0.2) is 0 Å². The van der Waals surface area contributed by atoms with Gasteiger partial charge in [-0.15, -0.1) is 0 Å². The highest BCUT2D eigenvalue weighted by Crippen LogP contribution is 2.35. The van der Waals surface area contributed by atoms with Gasteiger partial charge in [-0.25, -0.2) is 4.39 Å². The molecular formula is C21H16F7N3O. The zero-order chi connectivity index (χ0) is 23.3. The fraction of sp³-hybridized carbons (Fsp3) is 0.286. The monoisotopic (exact) mass is 459 g/mol. The Morgan fingerprint density at radius 2 is 1.44 bits per heavy atom. The second kappa shape index (κ2) is 7.72. The minimum atomic E-state index is -4.72. The number of nitrogens with zero attached hydrogens (tertiary/aromatic N) is 2. The summed E-state index contributed by atoms with van der Waals surface area (Å²) in [6.45, 7) is 0.782. The van der Waals surface area contributed by atoms with Gasteiger partial charge in [-0.2, -0.15) is 26.3 Å². The van der Waals surface area contributed by atoms with Crippen molar-refractivity contribution in [2.75, 3.05) is 31.1 Å². The first-order valence-electron chi connectivity index (χ1n) is 9.54. The molecule has 1 fully saturated rings. The number of hydrogen-bond donors (Lipinski definition) is 1. The molecule has 1 aliphatic heterocycles. The molecule has 0 saturated carbocycles.